The first-order valence-electron chi connectivity index (χ1n) is 9.41. The maximum absolute atomic E-state index is 13.0. The molecule has 27 heavy (non-hydrogen) atoms. The van der Waals surface area contributed by atoms with Crippen LogP contribution in [0.3, 0.4) is 0 Å². The van der Waals surface area contributed by atoms with Crippen LogP contribution in [0.4, 0.5) is 9.18 Å². The minimum Gasteiger partial charge on any atom is -0.291 e. The predicted octanol–water partition coefficient (Wildman–Crippen LogP) is 3.05. The summed E-state index contributed by atoms with van der Waals surface area (Å²) >= 11 is 0.932. The Morgan fingerprint density at radius 1 is 1.22 bits per heavy atom. The predicted molar refractivity (Wildman–Crippen MR) is 104 cm³/mol. The van der Waals surface area contributed by atoms with Crippen LogP contribution >= 0.6 is 11.8 Å². The van der Waals surface area contributed by atoms with Crippen molar-refractivity contribution in [3.05, 3.63) is 40.6 Å². The lowest BCUT2D eigenvalue weighted by Gasteiger charge is -2.21. The largest absolute Gasteiger partial charge is 0.293 e. The number of amides is 2. The summed E-state index contributed by atoms with van der Waals surface area (Å²) in [4.78, 5) is 26.6. The summed E-state index contributed by atoms with van der Waals surface area (Å²) in [7, 11) is 0. The molecule has 0 aromatic heterocycles. The fourth-order valence-electron chi connectivity index (χ4n) is 4.28. The molecule has 2 atom stereocenters. The van der Waals surface area contributed by atoms with Gasteiger partial charge in [-0.25, -0.2) is 4.39 Å². The van der Waals surface area contributed by atoms with Crippen LogP contribution in [-0.2, 0) is 4.79 Å². The van der Waals surface area contributed by atoms with E-state index in [4.69, 9.17) is 5.73 Å². The minimum absolute atomic E-state index is 0.261. The Morgan fingerprint density at radius 3 is 2.70 bits per heavy atom. The van der Waals surface area contributed by atoms with Gasteiger partial charge in [0.15, 0.2) is 0 Å². The third-order valence-corrected chi connectivity index (χ3v) is 6.65. The molecule has 142 valence electrons. The first-order valence-corrected chi connectivity index (χ1v) is 10.2. The summed E-state index contributed by atoms with van der Waals surface area (Å²) in [5, 5.41) is -0.261. The molecule has 5 nitrogen and oxygen atoms in total. The number of benzene rings is 1. The zero-order valence-electron chi connectivity index (χ0n) is 15.1. The van der Waals surface area contributed by atoms with Crippen LogP contribution in [0.15, 0.2) is 29.2 Å². The van der Waals surface area contributed by atoms with E-state index in [9.17, 15) is 14.0 Å². The second kappa shape index (κ2) is 7.46. The molecular weight excluding hydrogens is 365 g/mol. The van der Waals surface area contributed by atoms with Gasteiger partial charge in [-0.05, 0) is 48.4 Å². The van der Waals surface area contributed by atoms with Crippen LogP contribution in [0, 0.1) is 17.7 Å². The number of nitrogens with zero attached hydrogens (tertiary/aromatic N) is 2. The number of rotatable bonds is 4. The molecule has 2 heterocycles. The highest BCUT2D eigenvalue weighted by atomic mass is 32.2. The van der Waals surface area contributed by atoms with Crippen molar-refractivity contribution in [2.24, 2.45) is 17.6 Å². The van der Waals surface area contributed by atoms with Crippen LogP contribution in [0.5, 0.6) is 0 Å². The van der Waals surface area contributed by atoms with Gasteiger partial charge in [0, 0.05) is 5.92 Å². The molecule has 4 rings (SSSR count). The third kappa shape index (κ3) is 3.65. The van der Waals surface area contributed by atoms with Gasteiger partial charge >= 0.3 is 0 Å². The van der Waals surface area contributed by atoms with Gasteiger partial charge in [-0.15, -0.1) is 0 Å². The van der Waals surface area contributed by atoms with E-state index in [-0.39, 0.29) is 17.0 Å². The summed E-state index contributed by atoms with van der Waals surface area (Å²) in [6, 6.07) is 5.85. The second-order valence-electron chi connectivity index (χ2n) is 7.41. The number of hydrogen-bond acceptors (Lipinski definition) is 4. The van der Waals surface area contributed by atoms with Crippen molar-refractivity contribution < 1.29 is 18.6 Å². The average molecular weight is 388 g/mol. The Balaban J connectivity index is 1.42. The van der Waals surface area contributed by atoms with E-state index in [2.05, 4.69) is 4.58 Å². The van der Waals surface area contributed by atoms with Gasteiger partial charge in [0.25, 0.3) is 11.1 Å². The lowest BCUT2D eigenvalue weighted by molar-refractivity contribution is -0.525. The van der Waals surface area contributed by atoms with Crippen LogP contribution < -0.4 is 5.73 Å². The molecule has 2 amide bonds. The van der Waals surface area contributed by atoms with Crippen molar-refractivity contribution in [1.82, 2.24) is 4.90 Å². The van der Waals surface area contributed by atoms with Gasteiger partial charge in [0.1, 0.15) is 12.4 Å². The molecule has 2 aliphatic heterocycles. The van der Waals surface area contributed by atoms with Crippen molar-refractivity contribution in [3.63, 3.8) is 0 Å². The molecule has 1 aliphatic carbocycles. The molecular formula is C20H23FN3O2S+. The van der Waals surface area contributed by atoms with E-state index in [1.54, 1.807) is 18.2 Å². The van der Waals surface area contributed by atoms with Crippen molar-refractivity contribution in [1.29, 1.82) is 0 Å². The SMILES string of the molecule is NC1=[N+](CCN2C(=O)S/C(=C\c3ccc(F)cc3)C2=O)C[C@@H]2CCCC[C@@H]12. The number of imide groups is 1. The lowest BCUT2D eigenvalue weighted by Crippen LogP contribution is -2.36. The van der Waals surface area contributed by atoms with Gasteiger partial charge in [0.05, 0.1) is 23.9 Å². The number of halogens is 1. The number of nitrogens with two attached hydrogens (primary N) is 1. The van der Waals surface area contributed by atoms with Crippen LogP contribution in [0.25, 0.3) is 6.08 Å². The van der Waals surface area contributed by atoms with E-state index in [0.29, 0.717) is 35.4 Å². The van der Waals surface area contributed by atoms with E-state index in [1.807, 2.05) is 0 Å². The van der Waals surface area contributed by atoms with Crippen molar-refractivity contribution >= 4 is 34.8 Å². The molecule has 1 saturated carbocycles. The summed E-state index contributed by atoms with van der Waals surface area (Å²) in [6.07, 6.45) is 6.49. The first kappa shape index (κ1) is 18.2. The Labute approximate surface area is 162 Å². The van der Waals surface area contributed by atoms with Crippen LogP contribution in [0.2, 0.25) is 0 Å². The second-order valence-corrected chi connectivity index (χ2v) is 8.40. The highest BCUT2D eigenvalue weighted by Crippen LogP contribution is 2.35. The summed E-state index contributed by atoms with van der Waals surface area (Å²) in [5.74, 6) is 1.39. The minimum atomic E-state index is -0.333. The average Bonchev–Trinajstić information content (AvgIpc) is 3.12. The number of carbonyl (C=O) groups is 2. The molecule has 0 unspecified atom stereocenters. The summed E-state index contributed by atoms with van der Waals surface area (Å²) in [6.45, 7) is 1.85. The molecule has 1 aromatic carbocycles. The number of fused-ring (bicyclic) bond motifs is 1. The summed E-state index contributed by atoms with van der Waals surface area (Å²) < 4.78 is 15.2. The third-order valence-electron chi connectivity index (χ3n) is 5.74. The van der Waals surface area contributed by atoms with Crippen molar-refractivity contribution in [3.8, 4) is 0 Å². The normalized spacial score (nSPS) is 27.0. The Bertz CT molecular complexity index is 834. The molecule has 2 fully saturated rings. The molecule has 3 aliphatic rings. The number of carbonyl (C=O) groups excluding carboxylic acids is 2. The Morgan fingerprint density at radius 2 is 1.96 bits per heavy atom. The van der Waals surface area contributed by atoms with Crippen LogP contribution in [-0.4, -0.2) is 46.1 Å². The number of amidine groups is 1. The van der Waals surface area contributed by atoms with Gasteiger partial charge in [-0.1, -0.05) is 25.0 Å². The van der Waals surface area contributed by atoms with E-state index in [0.717, 1.165) is 30.6 Å². The van der Waals surface area contributed by atoms with E-state index >= 15 is 0 Å². The topological polar surface area (TPSA) is 66.4 Å². The fraction of sp³-hybridized carbons (Fsp3) is 0.450. The quantitative estimate of drug-likeness (QED) is 0.636. The molecule has 7 heteroatoms. The molecule has 0 spiro atoms. The monoisotopic (exact) mass is 388 g/mol. The number of hydrogen-bond donors (Lipinski definition) is 1. The molecule has 1 saturated heterocycles. The molecule has 1 aromatic rings. The maximum atomic E-state index is 13.0. The number of thioether (sulfide) groups is 1. The van der Waals surface area contributed by atoms with Gasteiger partial charge < -0.3 is 0 Å². The smallest absolute Gasteiger partial charge is 0.291 e. The van der Waals surface area contributed by atoms with E-state index < -0.39 is 0 Å². The first-order chi connectivity index (χ1) is 13.0. The van der Waals surface area contributed by atoms with Crippen LogP contribution in [0.1, 0.15) is 31.2 Å². The van der Waals surface area contributed by atoms with Crippen molar-refractivity contribution in [2.75, 3.05) is 19.6 Å². The fourth-order valence-corrected chi connectivity index (χ4v) is 5.15. The van der Waals surface area contributed by atoms with Gasteiger partial charge in [0.2, 0.25) is 5.84 Å². The summed E-state index contributed by atoms with van der Waals surface area (Å²) in [5.41, 5.74) is 7.03. The highest BCUT2D eigenvalue weighted by Gasteiger charge is 2.41. The lowest BCUT2D eigenvalue weighted by atomic mass is 9.80. The molecule has 2 N–H and O–H groups in total. The Kier molecular flexibility index (Phi) is 5.04. The molecule has 0 radical (unpaired) electrons. The zero-order valence-corrected chi connectivity index (χ0v) is 15.9. The standard InChI is InChI=1S/C20H22FN3O2S/c21-15-7-5-13(6-8-15)11-17-19(25)24(20(26)27-17)10-9-23-12-14-3-1-2-4-16(14)18(23)22/h5-8,11,14,16,22H,1-4,9-10,12H2/p+1/b17-11-/t14-,16+/m0/s1. The highest BCUT2D eigenvalue weighted by molar-refractivity contribution is 8.18. The van der Waals surface area contributed by atoms with E-state index in [1.165, 1.54) is 36.3 Å². The van der Waals surface area contributed by atoms with Gasteiger partial charge in [-0.3, -0.25) is 24.8 Å². The maximum Gasteiger partial charge on any atom is 0.293 e. The molecule has 0 bridgehead atoms. The Hall–Kier alpha value is -2.15. The van der Waals surface area contributed by atoms with Gasteiger partial charge in [-0.2, -0.15) is 0 Å². The zero-order chi connectivity index (χ0) is 19.0. The van der Waals surface area contributed by atoms with Crippen molar-refractivity contribution in [2.45, 2.75) is 25.7 Å².